The van der Waals surface area contributed by atoms with Gasteiger partial charge in [-0.25, -0.2) is 10.2 Å². The quantitative estimate of drug-likeness (QED) is 0.510. The summed E-state index contributed by atoms with van der Waals surface area (Å²) in [5.74, 6) is -0.561. The standard InChI is InChI=1S/C18H17N3O6/c1-2-25-16-9-12(10-20-21-17(22)7-8-19)3-5-14(16)26-11-13-4-6-15(27-13)18(23)24/h3-6,9-10H,2,7,11H2,1H3,(H,21,22)(H,23,24). The molecule has 1 heterocycles. The van der Waals surface area contributed by atoms with E-state index >= 15 is 0 Å². The highest BCUT2D eigenvalue weighted by Crippen LogP contribution is 2.29. The van der Waals surface area contributed by atoms with Crippen molar-refractivity contribution in [2.75, 3.05) is 6.61 Å². The largest absolute Gasteiger partial charge is 0.490 e. The minimum atomic E-state index is -1.15. The number of aromatic carboxylic acids is 1. The SMILES string of the molecule is CCOc1cc(C=NNC(=O)CC#N)ccc1OCc1ccc(C(=O)O)o1. The van der Waals surface area contributed by atoms with Gasteiger partial charge in [0.15, 0.2) is 11.5 Å². The summed E-state index contributed by atoms with van der Waals surface area (Å²) in [5, 5.41) is 21.0. The van der Waals surface area contributed by atoms with Gasteiger partial charge in [0, 0.05) is 0 Å². The van der Waals surface area contributed by atoms with Gasteiger partial charge in [0.2, 0.25) is 5.76 Å². The first-order chi connectivity index (χ1) is 13.0. The summed E-state index contributed by atoms with van der Waals surface area (Å²) in [5.41, 5.74) is 2.88. The second-order valence-corrected chi connectivity index (χ2v) is 5.13. The smallest absolute Gasteiger partial charge is 0.371 e. The molecule has 0 radical (unpaired) electrons. The zero-order valence-corrected chi connectivity index (χ0v) is 14.5. The molecule has 1 amide bonds. The number of nitriles is 1. The Morgan fingerprint density at radius 1 is 1.30 bits per heavy atom. The molecule has 0 saturated heterocycles. The van der Waals surface area contributed by atoms with Crippen LogP contribution in [0.2, 0.25) is 0 Å². The Bertz CT molecular complexity index is 881. The first-order valence-electron chi connectivity index (χ1n) is 7.94. The Kier molecular flexibility index (Phi) is 6.96. The molecule has 1 aromatic heterocycles. The maximum Gasteiger partial charge on any atom is 0.371 e. The average molecular weight is 371 g/mol. The highest BCUT2D eigenvalue weighted by molar-refractivity contribution is 5.84. The van der Waals surface area contributed by atoms with Crippen LogP contribution in [0.25, 0.3) is 0 Å². The van der Waals surface area contributed by atoms with Crippen molar-refractivity contribution in [2.24, 2.45) is 5.10 Å². The Balaban J connectivity index is 2.05. The molecule has 0 unspecified atom stereocenters. The summed E-state index contributed by atoms with van der Waals surface area (Å²) < 4.78 is 16.3. The second-order valence-electron chi connectivity index (χ2n) is 5.13. The number of hydrogen-bond acceptors (Lipinski definition) is 7. The minimum absolute atomic E-state index is 0.0327. The zero-order chi connectivity index (χ0) is 19.6. The highest BCUT2D eigenvalue weighted by Gasteiger charge is 2.11. The van der Waals surface area contributed by atoms with Gasteiger partial charge in [-0.3, -0.25) is 4.79 Å². The summed E-state index contributed by atoms with van der Waals surface area (Å²) in [6.07, 6.45) is 1.14. The Morgan fingerprint density at radius 2 is 2.11 bits per heavy atom. The lowest BCUT2D eigenvalue weighted by molar-refractivity contribution is -0.120. The van der Waals surface area contributed by atoms with Gasteiger partial charge in [-0.2, -0.15) is 10.4 Å². The van der Waals surface area contributed by atoms with E-state index in [2.05, 4.69) is 10.5 Å². The molecule has 1 aromatic carbocycles. The number of rotatable bonds is 9. The lowest BCUT2D eigenvalue weighted by Gasteiger charge is -2.11. The number of carbonyl (C=O) groups excluding carboxylic acids is 1. The molecular formula is C18H17N3O6. The molecule has 0 aliphatic heterocycles. The molecule has 2 N–H and O–H groups in total. The van der Waals surface area contributed by atoms with Crippen LogP contribution in [0.4, 0.5) is 0 Å². The van der Waals surface area contributed by atoms with E-state index in [4.69, 9.17) is 24.3 Å². The summed E-state index contributed by atoms with van der Waals surface area (Å²) in [6, 6.07) is 9.62. The molecule has 0 fully saturated rings. The van der Waals surface area contributed by atoms with Crippen molar-refractivity contribution in [3.63, 3.8) is 0 Å². The van der Waals surface area contributed by atoms with E-state index in [0.717, 1.165) is 0 Å². The van der Waals surface area contributed by atoms with Crippen molar-refractivity contribution < 1.29 is 28.6 Å². The van der Waals surface area contributed by atoms with Crippen LogP contribution in [0, 0.1) is 11.3 Å². The zero-order valence-electron chi connectivity index (χ0n) is 14.5. The van der Waals surface area contributed by atoms with Crippen LogP contribution in [-0.4, -0.2) is 29.8 Å². The molecule has 2 aromatic rings. The molecule has 140 valence electrons. The first-order valence-corrected chi connectivity index (χ1v) is 7.94. The molecule has 0 aliphatic carbocycles. The van der Waals surface area contributed by atoms with Gasteiger partial charge in [0.25, 0.3) is 5.91 Å². The third kappa shape index (κ3) is 5.89. The highest BCUT2D eigenvalue weighted by atomic mass is 16.5. The van der Waals surface area contributed by atoms with E-state index in [1.165, 1.54) is 18.3 Å². The maximum absolute atomic E-state index is 11.2. The number of nitrogens with one attached hydrogen (secondary N) is 1. The molecule has 0 bridgehead atoms. The van der Waals surface area contributed by atoms with E-state index in [1.54, 1.807) is 24.3 Å². The fourth-order valence-corrected chi connectivity index (χ4v) is 2.00. The fraction of sp³-hybridized carbons (Fsp3) is 0.222. The molecule has 27 heavy (non-hydrogen) atoms. The van der Waals surface area contributed by atoms with Gasteiger partial charge in [0.1, 0.15) is 18.8 Å². The maximum atomic E-state index is 11.2. The normalized spacial score (nSPS) is 10.4. The molecular weight excluding hydrogens is 354 g/mol. The third-order valence-corrected chi connectivity index (χ3v) is 3.15. The predicted molar refractivity (Wildman–Crippen MR) is 93.6 cm³/mol. The van der Waals surface area contributed by atoms with Crippen LogP contribution in [0.1, 0.15) is 35.2 Å². The van der Waals surface area contributed by atoms with Crippen molar-refractivity contribution in [3.05, 3.63) is 47.4 Å². The topological polar surface area (TPSA) is 134 Å². The number of nitrogens with zero attached hydrogens (tertiary/aromatic N) is 2. The minimum Gasteiger partial charge on any atom is -0.490 e. The molecule has 0 spiro atoms. The van der Waals surface area contributed by atoms with Crippen LogP contribution in [0.5, 0.6) is 11.5 Å². The molecule has 9 nitrogen and oxygen atoms in total. The van der Waals surface area contributed by atoms with Crippen LogP contribution in [0.15, 0.2) is 39.9 Å². The van der Waals surface area contributed by atoms with E-state index in [0.29, 0.717) is 29.4 Å². The lowest BCUT2D eigenvalue weighted by Crippen LogP contribution is -2.16. The van der Waals surface area contributed by atoms with Gasteiger partial charge in [0.05, 0.1) is 18.9 Å². The fourth-order valence-electron chi connectivity index (χ4n) is 2.00. The number of carboxylic acids is 1. The van der Waals surface area contributed by atoms with Crippen LogP contribution < -0.4 is 14.9 Å². The molecule has 9 heteroatoms. The van der Waals surface area contributed by atoms with Crippen molar-refractivity contribution in [1.29, 1.82) is 5.26 Å². The van der Waals surface area contributed by atoms with E-state index in [-0.39, 0.29) is 18.8 Å². The average Bonchev–Trinajstić information content (AvgIpc) is 3.11. The lowest BCUT2D eigenvalue weighted by atomic mass is 10.2. The van der Waals surface area contributed by atoms with E-state index in [9.17, 15) is 9.59 Å². The number of carbonyl (C=O) groups is 2. The Morgan fingerprint density at radius 3 is 2.78 bits per heavy atom. The molecule has 0 atom stereocenters. The molecule has 2 rings (SSSR count). The number of ether oxygens (including phenoxy) is 2. The number of furan rings is 1. The van der Waals surface area contributed by atoms with Crippen molar-refractivity contribution in [2.45, 2.75) is 20.0 Å². The predicted octanol–water partition coefficient (Wildman–Crippen LogP) is 2.32. The second kappa shape index (κ2) is 9.62. The summed E-state index contributed by atoms with van der Waals surface area (Å²) in [6.45, 7) is 2.25. The summed E-state index contributed by atoms with van der Waals surface area (Å²) >= 11 is 0. The number of amides is 1. The van der Waals surface area contributed by atoms with Crippen molar-refractivity contribution in [1.82, 2.24) is 5.43 Å². The molecule has 0 saturated carbocycles. The van der Waals surface area contributed by atoms with Crippen LogP contribution in [0.3, 0.4) is 0 Å². The van der Waals surface area contributed by atoms with Crippen LogP contribution in [-0.2, 0) is 11.4 Å². The number of benzene rings is 1. The van der Waals surface area contributed by atoms with Gasteiger partial charge in [-0.1, -0.05) is 0 Å². The Labute approximate surface area is 154 Å². The summed E-state index contributed by atoms with van der Waals surface area (Å²) in [7, 11) is 0. The van der Waals surface area contributed by atoms with E-state index in [1.807, 2.05) is 6.92 Å². The Hall–Kier alpha value is -3.80. The number of carboxylic acid groups (broad SMARTS) is 1. The van der Waals surface area contributed by atoms with Gasteiger partial charge in [-0.15, -0.1) is 0 Å². The third-order valence-electron chi connectivity index (χ3n) is 3.15. The van der Waals surface area contributed by atoms with Gasteiger partial charge >= 0.3 is 5.97 Å². The summed E-state index contributed by atoms with van der Waals surface area (Å²) in [4.78, 5) is 22.0. The van der Waals surface area contributed by atoms with Crippen LogP contribution >= 0.6 is 0 Å². The first kappa shape index (κ1) is 19.5. The van der Waals surface area contributed by atoms with Crippen molar-refractivity contribution in [3.8, 4) is 17.6 Å². The van der Waals surface area contributed by atoms with Crippen molar-refractivity contribution >= 4 is 18.1 Å². The van der Waals surface area contributed by atoms with E-state index < -0.39 is 11.9 Å². The van der Waals surface area contributed by atoms with Gasteiger partial charge in [-0.05, 0) is 42.8 Å². The monoisotopic (exact) mass is 371 g/mol. The van der Waals surface area contributed by atoms with Gasteiger partial charge < -0.3 is 19.0 Å². The number of hydrogen-bond donors (Lipinski definition) is 2. The number of hydrazone groups is 1. The molecule has 0 aliphatic rings.